The van der Waals surface area contributed by atoms with Crippen molar-refractivity contribution in [3.8, 4) is 28.5 Å². The van der Waals surface area contributed by atoms with Gasteiger partial charge in [-0.2, -0.15) is 0 Å². The van der Waals surface area contributed by atoms with Crippen LogP contribution < -0.4 is 20.7 Å². The van der Waals surface area contributed by atoms with E-state index in [0.717, 1.165) is 15.8 Å². The fourth-order valence-corrected chi connectivity index (χ4v) is 5.19. The summed E-state index contributed by atoms with van der Waals surface area (Å²) in [6.45, 7) is 4.42. The maximum absolute atomic E-state index is 13.6. The maximum atomic E-state index is 13.6. The fraction of sp³-hybridized carbons (Fsp3) is 0.333. The maximum Gasteiger partial charge on any atom is 0.331 e. The van der Waals surface area contributed by atoms with Crippen LogP contribution in [-0.4, -0.2) is 39.6 Å². The van der Waals surface area contributed by atoms with Crippen LogP contribution in [0.1, 0.15) is 31.2 Å². The van der Waals surface area contributed by atoms with Crippen LogP contribution >= 0.6 is 0 Å². The molecule has 0 amide bonds. The van der Waals surface area contributed by atoms with Gasteiger partial charge in [0.05, 0.1) is 48.7 Å². The summed E-state index contributed by atoms with van der Waals surface area (Å²) >= 11 is 0. The Kier molecular flexibility index (Phi) is 5.48. The molecule has 0 unspecified atom stereocenters. The number of aryl methyl sites for hydroxylation is 1. The highest BCUT2D eigenvalue weighted by molar-refractivity contribution is 5.96. The second-order valence-corrected chi connectivity index (χ2v) is 9.64. The second kappa shape index (κ2) is 8.30. The highest BCUT2D eigenvalue weighted by Crippen LogP contribution is 2.48. The Morgan fingerprint density at radius 3 is 2.19 bits per heavy atom. The number of fused-ring (bicyclic) bond motifs is 3. The summed E-state index contributed by atoms with van der Waals surface area (Å²) in [5, 5.41) is 10.9. The zero-order chi connectivity index (χ0) is 25.9. The molecule has 2 aromatic heterocycles. The molecule has 0 saturated carbocycles. The molecule has 188 valence electrons. The molecule has 9 heteroatoms. The molecular weight excluding hydrogens is 462 g/mol. The van der Waals surface area contributed by atoms with Crippen molar-refractivity contribution in [2.75, 3.05) is 20.8 Å². The number of aromatic nitrogens is 3. The van der Waals surface area contributed by atoms with E-state index >= 15 is 0 Å². The Bertz CT molecular complexity index is 1590. The smallest absolute Gasteiger partial charge is 0.331 e. The zero-order valence-corrected chi connectivity index (χ0v) is 21.2. The third kappa shape index (κ3) is 3.26. The van der Waals surface area contributed by atoms with Gasteiger partial charge in [0, 0.05) is 14.1 Å². The molecule has 1 N–H and O–H groups in total. The minimum absolute atomic E-state index is 0.119. The molecule has 0 aliphatic carbocycles. The van der Waals surface area contributed by atoms with Gasteiger partial charge in [0.25, 0.3) is 5.56 Å². The largest absolute Gasteiger partial charge is 0.502 e. The minimum Gasteiger partial charge on any atom is -0.502 e. The third-order valence-electron chi connectivity index (χ3n) is 6.92. The highest BCUT2D eigenvalue weighted by atomic mass is 16.5. The predicted octanol–water partition coefficient (Wildman–Crippen LogP) is 3.28. The van der Waals surface area contributed by atoms with Gasteiger partial charge in [-0.25, -0.2) is 4.79 Å². The zero-order valence-electron chi connectivity index (χ0n) is 21.2. The summed E-state index contributed by atoms with van der Waals surface area (Å²) in [7, 11) is 6.07. The molecule has 0 spiro atoms. The van der Waals surface area contributed by atoms with Gasteiger partial charge in [-0.3, -0.25) is 13.9 Å². The molecule has 0 saturated heterocycles. The van der Waals surface area contributed by atoms with Gasteiger partial charge in [0.2, 0.25) is 5.75 Å². The molecule has 9 nitrogen and oxygen atoms in total. The Labute approximate surface area is 207 Å². The van der Waals surface area contributed by atoms with Crippen molar-refractivity contribution in [1.29, 1.82) is 0 Å². The van der Waals surface area contributed by atoms with Crippen molar-refractivity contribution in [2.24, 2.45) is 14.1 Å². The van der Waals surface area contributed by atoms with E-state index in [4.69, 9.17) is 14.2 Å². The molecule has 5 rings (SSSR count). The lowest BCUT2D eigenvalue weighted by molar-refractivity contribution is -0.00724. The minimum atomic E-state index is -0.668. The van der Waals surface area contributed by atoms with E-state index in [1.54, 1.807) is 19.2 Å². The molecular formula is C27H29N3O6. The van der Waals surface area contributed by atoms with Crippen LogP contribution in [0.25, 0.3) is 22.2 Å². The van der Waals surface area contributed by atoms with Crippen molar-refractivity contribution in [3.63, 3.8) is 0 Å². The van der Waals surface area contributed by atoms with Crippen LogP contribution in [0.4, 0.5) is 0 Å². The quantitative estimate of drug-likeness (QED) is 0.471. The van der Waals surface area contributed by atoms with Crippen LogP contribution in [0.5, 0.6) is 17.2 Å². The summed E-state index contributed by atoms with van der Waals surface area (Å²) in [4.78, 5) is 26.7. The van der Waals surface area contributed by atoms with E-state index in [1.807, 2.05) is 44.2 Å². The first-order valence-electron chi connectivity index (χ1n) is 11.6. The molecule has 0 fully saturated rings. The molecule has 3 heterocycles. The van der Waals surface area contributed by atoms with Crippen LogP contribution in [0.15, 0.2) is 52.1 Å². The van der Waals surface area contributed by atoms with E-state index in [0.29, 0.717) is 28.8 Å². The summed E-state index contributed by atoms with van der Waals surface area (Å²) in [5.74, 6) is 0.341. The standard InChI is InChI=1S/C27H29N3O6/c1-27(2)14-36-24(16-12-17(34-5)23(31)18(13-16)35-6)22-21-19(25(32)29(4)26(33)28(21)3)20(30(22)27)15-10-8-7-9-11-15/h7-13,24,31H,14H2,1-6H3/t24-/m0/s1. The number of benzene rings is 2. The summed E-state index contributed by atoms with van der Waals surface area (Å²) in [5.41, 5.74) is 2.09. The Hall–Kier alpha value is -3.98. The van der Waals surface area contributed by atoms with Crippen molar-refractivity contribution in [3.05, 3.63) is 74.6 Å². The first-order chi connectivity index (χ1) is 17.1. The Morgan fingerprint density at radius 2 is 1.61 bits per heavy atom. The molecule has 2 aromatic carbocycles. The van der Waals surface area contributed by atoms with E-state index in [9.17, 15) is 14.7 Å². The van der Waals surface area contributed by atoms with Gasteiger partial charge in [-0.1, -0.05) is 30.3 Å². The summed E-state index contributed by atoms with van der Waals surface area (Å²) in [6.07, 6.45) is -0.668. The van der Waals surface area contributed by atoms with E-state index in [-0.39, 0.29) is 22.8 Å². The topological polar surface area (TPSA) is 96.9 Å². The first-order valence-corrected chi connectivity index (χ1v) is 11.6. The van der Waals surface area contributed by atoms with Gasteiger partial charge >= 0.3 is 5.69 Å². The van der Waals surface area contributed by atoms with Gasteiger partial charge in [-0.15, -0.1) is 0 Å². The summed E-state index contributed by atoms with van der Waals surface area (Å²) < 4.78 is 22.0. The molecule has 4 aromatic rings. The molecule has 36 heavy (non-hydrogen) atoms. The summed E-state index contributed by atoms with van der Waals surface area (Å²) in [6, 6.07) is 13.1. The molecule has 1 aliphatic rings. The van der Waals surface area contributed by atoms with Crippen LogP contribution in [0.3, 0.4) is 0 Å². The van der Waals surface area contributed by atoms with Gasteiger partial charge in [-0.05, 0) is 37.1 Å². The first kappa shape index (κ1) is 23.7. The van der Waals surface area contributed by atoms with E-state index in [1.165, 1.54) is 25.8 Å². The Morgan fingerprint density at radius 1 is 1.00 bits per heavy atom. The number of aromatic hydroxyl groups is 1. The van der Waals surface area contributed by atoms with E-state index < -0.39 is 17.3 Å². The number of nitrogens with zero attached hydrogens (tertiary/aromatic N) is 3. The lowest BCUT2D eigenvalue weighted by Crippen LogP contribution is -2.40. The van der Waals surface area contributed by atoms with Crippen LogP contribution in [0, 0.1) is 0 Å². The molecule has 1 aliphatic heterocycles. The monoisotopic (exact) mass is 491 g/mol. The normalized spacial score (nSPS) is 16.7. The van der Waals surface area contributed by atoms with Crippen molar-refractivity contribution in [1.82, 2.24) is 13.7 Å². The number of hydrogen-bond donors (Lipinski definition) is 1. The highest BCUT2D eigenvalue weighted by Gasteiger charge is 2.41. The Balaban J connectivity index is 1.98. The van der Waals surface area contributed by atoms with Gasteiger partial charge < -0.3 is 23.9 Å². The molecule has 0 radical (unpaired) electrons. The molecule has 1 atom stereocenters. The SMILES string of the molecule is COc1cc([C@@H]2OCC(C)(C)n3c(-c4ccccc4)c4c(=O)n(C)c(=O)n(C)c4c32)cc(OC)c1O. The van der Waals surface area contributed by atoms with Gasteiger partial charge in [0.1, 0.15) is 6.10 Å². The van der Waals surface area contributed by atoms with Crippen molar-refractivity contribution in [2.45, 2.75) is 25.5 Å². The van der Waals surface area contributed by atoms with Crippen molar-refractivity contribution >= 4 is 10.9 Å². The second-order valence-electron chi connectivity index (χ2n) is 9.64. The predicted molar refractivity (Wildman–Crippen MR) is 136 cm³/mol. The number of phenolic OH excluding ortho intramolecular Hbond substituents is 1. The van der Waals surface area contributed by atoms with Crippen molar-refractivity contribution < 1.29 is 19.3 Å². The molecule has 0 bridgehead atoms. The number of rotatable bonds is 4. The lowest BCUT2D eigenvalue weighted by Gasteiger charge is -2.39. The number of methoxy groups -OCH3 is 2. The fourth-order valence-electron chi connectivity index (χ4n) is 5.19. The van der Waals surface area contributed by atoms with Crippen LogP contribution in [-0.2, 0) is 24.4 Å². The number of hydrogen-bond acceptors (Lipinski definition) is 6. The van der Waals surface area contributed by atoms with Gasteiger partial charge in [0.15, 0.2) is 11.5 Å². The number of phenols is 1. The van der Waals surface area contributed by atoms with E-state index in [2.05, 4.69) is 4.57 Å². The lowest BCUT2D eigenvalue weighted by atomic mass is 9.97. The average molecular weight is 492 g/mol. The number of ether oxygens (including phenoxy) is 3. The van der Waals surface area contributed by atoms with Crippen LogP contribution in [0.2, 0.25) is 0 Å². The average Bonchev–Trinajstić information content (AvgIpc) is 3.25. The third-order valence-corrected chi connectivity index (χ3v) is 6.92.